The Labute approximate surface area is 387 Å². The highest BCUT2D eigenvalue weighted by Crippen LogP contribution is 2.23. The van der Waals surface area contributed by atoms with Gasteiger partial charge in [-0.3, -0.25) is 9.59 Å². The summed E-state index contributed by atoms with van der Waals surface area (Å²) in [5, 5.41) is 0. The van der Waals surface area contributed by atoms with E-state index in [2.05, 4.69) is 13.8 Å². The number of benzene rings is 4. The summed E-state index contributed by atoms with van der Waals surface area (Å²) < 4.78 is 33.6. The zero-order valence-corrected chi connectivity index (χ0v) is 39.2. The summed E-state index contributed by atoms with van der Waals surface area (Å²) in [6.07, 6.45) is 25.1. The molecule has 4 aromatic carbocycles. The molecule has 0 aliphatic rings. The summed E-state index contributed by atoms with van der Waals surface area (Å²) in [6, 6.07) is 25.8. The minimum absolute atomic E-state index is 0.210. The average molecular weight is 893 g/mol. The molecule has 352 valence electrons. The molecule has 0 aliphatic carbocycles. The molecule has 0 saturated carbocycles. The number of hydrogen-bond donors (Lipinski definition) is 0. The Balaban J connectivity index is 1.07. The van der Waals surface area contributed by atoms with Crippen LogP contribution in [0.1, 0.15) is 176 Å². The second-order valence-electron chi connectivity index (χ2n) is 16.8. The van der Waals surface area contributed by atoms with E-state index >= 15 is 0 Å². The van der Waals surface area contributed by atoms with Crippen molar-refractivity contribution in [1.29, 1.82) is 0 Å². The van der Waals surface area contributed by atoms with Crippen LogP contribution in [0.5, 0.6) is 34.5 Å². The van der Waals surface area contributed by atoms with Crippen molar-refractivity contribution in [2.45, 2.75) is 156 Å². The third-order valence-corrected chi connectivity index (χ3v) is 11.1. The Bertz CT molecular complexity index is 1940. The molecule has 0 radical (unpaired) electrons. The molecule has 4 rings (SSSR count). The summed E-state index contributed by atoms with van der Waals surface area (Å²) in [5.41, 5.74) is 0.548. The monoisotopic (exact) mass is 893 g/mol. The molecule has 0 amide bonds. The van der Waals surface area contributed by atoms with Gasteiger partial charge in [0.05, 0.1) is 36.7 Å². The fourth-order valence-electron chi connectivity index (χ4n) is 7.14. The molecule has 0 aromatic heterocycles. The lowest BCUT2D eigenvalue weighted by atomic mass is 10.1. The molecular weight excluding hydrogens is 821 g/mol. The van der Waals surface area contributed by atoms with Gasteiger partial charge in [-0.05, 0) is 110 Å². The number of hydrogen-bond acceptors (Lipinski definition) is 10. The minimum atomic E-state index is -0.820. The van der Waals surface area contributed by atoms with Crippen LogP contribution in [-0.4, -0.2) is 37.1 Å². The maximum atomic E-state index is 12.8. The zero-order valence-electron chi connectivity index (χ0n) is 39.2. The summed E-state index contributed by atoms with van der Waals surface area (Å²) in [7, 11) is 0. The molecule has 0 aliphatic heterocycles. The van der Waals surface area contributed by atoms with Crippen molar-refractivity contribution in [3.8, 4) is 34.5 Å². The number of carbonyl (C=O) groups excluding carboxylic acids is 4. The van der Waals surface area contributed by atoms with Crippen LogP contribution >= 0.6 is 0 Å². The minimum Gasteiger partial charge on any atom is -0.494 e. The third kappa shape index (κ3) is 21.7. The van der Waals surface area contributed by atoms with Crippen molar-refractivity contribution < 1.29 is 47.6 Å². The van der Waals surface area contributed by atoms with Crippen LogP contribution in [0.2, 0.25) is 0 Å². The first-order valence-electron chi connectivity index (χ1n) is 24.3. The van der Waals surface area contributed by atoms with E-state index in [-0.39, 0.29) is 29.0 Å². The fraction of sp³-hybridized carbons (Fsp3) is 0.491. The topological polar surface area (TPSA) is 124 Å². The number of esters is 4. The van der Waals surface area contributed by atoms with Crippen molar-refractivity contribution in [2.75, 3.05) is 13.2 Å². The summed E-state index contributed by atoms with van der Waals surface area (Å²) >= 11 is 0. The maximum absolute atomic E-state index is 12.8. The van der Waals surface area contributed by atoms with Gasteiger partial charge in [-0.25, -0.2) is 9.59 Å². The van der Waals surface area contributed by atoms with Gasteiger partial charge in [-0.1, -0.05) is 136 Å². The van der Waals surface area contributed by atoms with Gasteiger partial charge in [0.15, 0.2) is 0 Å². The second-order valence-corrected chi connectivity index (χ2v) is 16.8. The zero-order chi connectivity index (χ0) is 46.3. The molecule has 0 bridgehead atoms. The lowest BCUT2D eigenvalue weighted by molar-refractivity contribution is -0.144. The highest BCUT2D eigenvalue weighted by atomic mass is 16.6. The molecule has 65 heavy (non-hydrogen) atoms. The molecule has 0 heterocycles. The van der Waals surface area contributed by atoms with E-state index in [4.69, 9.17) is 28.4 Å². The number of ether oxygens (including phenoxy) is 6. The van der Waals surface area contributed by atoms with Gasteiger partial charge in [0.25, 0.3) is 0 Å². The Morgan fingerprint density at radius 3 is 1.03 bits per heavy atom. The smallest absolute Gasteiger partial charge is 0.343 e. The fourth-order valence-corrected chi connectivity index (χ4v) is 7.14. The van der Waals surface area contributed by atoms with Crippen molar-refractivity contribution in [1.82, 2.24) is 0 Å². The number of rotatable bonds is 33. The van der Waals surface area contributed by atoms with Gasteiger partial charge in [0.2, 0.25) is 0 Å². The quantitative estimate of drug-likeness (QED) is 0.0259. The number of carbonyl (C=O) groups is 4. The van der Waals surface area contributed by atoms with Crippen molar-refractivity contribution >= 4 is 23.9 Å². The SMILES string of the molecule is CCCCCCCCCCCCOc1ccc(OC(=O)c2ccc(OC(=O)CC(C)C(=O)Oc3ccc(C(=O)Oc4ccc(OCCCCCCCCCCCC)cc4)cc3)cc2)cc1. The van der Waals surface area contributed by atoms with Gasteiger partial charge in [0.1, 0.15) is 34.5 Å². The third-order valence-electron chi connectivity index (χ3n) is 11.1. The van der Waals surface area contributed by atoms with E-state index in [0.717, 1.165) is 37.2 Å². The van der Waals surface area contributed by atoms with Crippen LogP contribution in [0.3, 0.4) is 0 Å². The van der Waals surface area contributed by atoms with E-state index in [1.165, 1.54) is 151 Å². The Kier molecular flexibility index (Phi) is 25.0. The summed E-state index contributed by atoms with van der Waals surface area (Å²) in [4.78, 5) is 51.0. The Morgan fingerprint density at radius 2 is 0.662 bits per heavy atom. The standard InChI is InChI=1S/C55H72O10/c1-4-6-8-10-12-14-16-18-20-22-40-60-46-32-36-50(37-33-46)64-54(58)44-24-28-48(29-25-44)62-52(56)42-43(3)53(57)63-49-30-26-45(27-31-49)55(59)65-51-38-34-47(35-39-51)61-41-23-21-19-17-15-13-11-9-7-5-2/h24-39,43H,4-23,40-42H2,1-3H3. The highest BCUT2D eigenvalue weighted by Gasteiger charge is 2.21. The van der Waals surface area contributed by atoms with Crippen LogP contribution in [0.4, 0.5) is 0 Å². The first-order valence-corrected chi connectivity index (χ1v) is 24.3. The summed E-state index contributed by atoms with van der Waals surface area (Å²) in [5.74, 6) is -0.596. The predicted molar refractivity (Wildman–Crippen MR) is 255 cm³/mol. The second kappa shape index (κ2) is 31.3. The van der Waals surface area contributed by atoms with Crippen LogP contribution in [-0.2, 0) is 9.59 Å². The van der Waals surface area contributed by atoms with Crippen LogP contribution in [0.25, 0.3) is 0 Å². The molecule has 1 atom stereocenters. The van der Waals surface area contributed by atoms with Crippen molar-refractivity contribution in [2.24, 2.45) is 5.92 Å². The average Bonchev–Trinajstić information content (AvgIpc) is 3.31. The van der Waals surface area contributed by atoms with Gasteiger partial charge < -0.3 is 28.4 Å². The normalized spacial score (nSPS) is 11.4. The molecule has 10 heteroatoms. The predicted octanol–water partition coefficient (Wildman–Crippen LogP) is 14.3. The highest BCUT2D eigenvalue weighted by molar-refractivity contribution is 5.92. The largest absolute Gasteiger partial charge is 0.494 e. The van der Waals surface area contributed by atoms with E-state index in [1.807, 2.05) is 0 Å². The maximum Gasteiger partial charge on any atom is 0.343 e. The van der Waals surface area contributed by atoms with Gasteiger partial charge in [-0.2, -0.15) is 0 Å². The molecule has 0 spiro atoms. The van der Waals surface area contributed by atoms with Crippen molar-refractivity contribution in [3.05, 3.63) is 108 Å². The number of unbranched alkanes of at least 4 members (excludes halogenated alkanes) is 18. The van der Waals surface area contributed by atoms with E-state index < -0.39 is 29.8 Å². The first kappa shape index (κ1) is 52.0. The molecule has 4 aromatic rings. The molecule has 0 N–H and O–H groups in total. The van der Waals surface area contributed by atoms with Gasteiger partial charge in [0, 0.05) is 0 Å². The van der Waals surface area contributed by atoms with Crippen molar-refractivity contribution in [3.63, 3.8) is 0 Å². The Hall–Kier alpha value is -5.64. The lowest BCUT2D eigenvalue weighted by Crippen LogP contribution is -2.23. The van der Waals surface area contributed by atoms with E-state index in [1.54, 1.807) is 55.5 Å². The molecule has 0 saturated heterocycles. The van der Waals surface area contributed by atoms with Gasteiger partial charge in [-0.15, -0.1) is 0 Å². The van der Waals surface area contributed by atoms with Crippen LogP contribution in [0, 0.1) is 5.92 Å². The molecular formula is C55H72O10. The van der Waals surface area contributed by atoms with Crippen LogP contribution < -0.4 is 28.4 Å². The van der Waals surface area contributed by atoms with E-state index in [9.17, 15) is 19.2 Å². The molecule has 10 nitrogen and oxygen atoms in total. The molecule has 0 fully saturated rings. The lowest BCUT2D eigenvalue weighted by Gasteiger charge is -2.12. The first-order chi connectivity index (χ1) is 31.7. The van der Waals surface area contributed by atoms with Crippen LogP contribution in [0.15, 0.2) is 97.1 Å². The molecule has 1 unspecified atom stereocenters. The Morgan fingerprint density at radius 1 is 0.369 bits per heavy atom. The summed E-state index contributed by atoms with van der Waals surface area (Å²) in [6.45, 7) is 7.35. The van der Waals surface area contributed by atoms with E-state index in [0.29, 0.717) is 24.7 Å². The van der Waals surface area contributed by atoms with Gasteiger partial charge >= 0.3 is 23.9 Å².